The van der Waals surface area contributed by atoms with Gasteiger partial charge in [0.25, 0.3) is 11.6 Å². The number of phenols is 1. The fourth-order valence-corrected chi connectivity index (χ4v) is 2.06. The van der Waals surface area contributed by atoms with Gasteiger partial charge in [-0.2, -0.15) is 5.10 Å². The summed E-state index contributed by atoms with van der Waals surface area (Å²) < 4.78 is 0.779. The highest BCUT2D eigenvalue weighted by Gasteiger charge is 2.23. The van der Waals surface area contributed by atoms with Crippen molar-refractivity contribution in [3.05, 3.63) is 72.2 Å². The summed E-state index contributed by atoms with van der Waals surface area (Å²) in [5.41, 5.74) is 0.745. The lowest BCUT2D eigenvalue weighted by atomic mass is 10.1. The van der Waals surface area contributed by atoms with Gasteiger partial charge in [-0.1, -0.05) is 15.9 Å². The van der Waals surface area contributed by atoms with Gasteiger partial charge < -0.3 is 5.11 Å². The van der Waals surface area contributed by atoms with Crippen LogP contribution in [-0.2, 0) is 0 Å². The zero-order chi connectivity index (χ0) is 18.6. The van der Waals surface area contributed by atoms with Crippen LogP contribution in [0, 0.1) is 20.2 Å². The number of hydrogen-bond acceptors (Lipinski definition) is 7. The second-order valence-corrected chi connectivity index (χ2v) is 5.54. The van der Waals surface area contributed by atoms with Gasteiger partial charge in [0.2, 0.25) is 5.75 Å². The molecular weight excluding hydrogens is 400 g/mol. The molecule has 0 heterocycles. The Morgan fingerprint density at radius 1 is 1.16 bits per heavy atom. The zero-order valence-corrected chi connectivity index (χ0v) is 13.8. The maximum Gasteiger partial charge on any atom is 0.318 e. The molecule has 10 nitrogen and oxygen atoms in total. The van der Waals surface area contributed by atoms with Gasteiger partial charge in [0, 0.05) is 16.1 Å². The molecule has 0 aliphatic heterocycles. The number of benzene rings is 2. The molecule has 0 radical (unpaired) electrons. The molecule has 0 spiro atoms. The van der Waals surface area contributed by atoms with Gasteiger partial charge in [-0.25, -0.2) is 5.43 Å². The summed E-state index contributed by atoms with van der Waals surface area (Å²) in [6, 6.07) is 7.89. The van der Waals surface area contributed by atoms with E-state index in [2.05, 4.69) is 26.5 Å². The smallest absolute Gasteiger partial charge is 0.318 e. The minimum absolute atomic E-state index is 0.281. The van der Waals surface area contributed by atoms with E-state index in [1.165, 1.54) is 12.1 Å². The standard InChI is InChI=1S/C14H9BrN4O6/c15-10-3-1-8(2-4-10)14(21)17-16-7-9-5-11(18(22)23)6-12(13(9)20)19(24)25/h1-7,20H,(H,17,21). The van der Waals surface area contributed by atoms with Crippen LogP contribution in [-0.4, -0.2) is 27.1 Å². The molecular formula is C14H9BrN4O6. The Hall–Kier alpha value is -3.34. The van der Waals surface area contributed by atoms with Gasteiger partial charge in [0.15, 0.2) is 0 Å². The highest BCUT2D eigenvalue weighted by atomic mass is 79.9. The number of carbonyl (C=O) groups is 1. The average Bonchev–Trinajstić information content (AvgIpc) is 2.56. The lowest BCUT2D eigenvalue weighted by Crippen LogP contribution is -2.17. The molecule has 2 aromatic rings. The lowest BCUT2D eigenvalue weighted by molar-refractivity contribution is -0.394. The molecule has 25 heavy (non-hydrogen) atoms. The number of rotatable bonds is 5. The van der Waals surface area contributed by atoms with Crippen molar-refractivity contribution in [1.29, 1.82) is 0 Å². The first kappa shape index (κ1) is 18.0. The molecule has 2 N–H and O–H groups in total. The van der Waals surface area contributed by atoms with Crippen LogP contribution in [0.1, 0.15) is 15.9 Å². The molecule has 2 aromatic carbocycles. The van der Waals surface area contributed by atoms with Crippen molar-refractivity contribution in [2.45, 2.75) is 0 Å². The molecule has 0 aromatic heterocycles. The number of aromatic hydroxyl groups is 1. The molecule has 0 unspecified atom stereocenters. The van der Waals surface area contributed by atoms with Crippen molar-refractivity contribution in [3.63, 3.8) is 0 Å². The fraction of sp³-hybridized carbons (Fsp3) is 0. The third kappa shape index (κ3) is 4.35. The number of halogens is 1. The van der Waals surface area contributed by atoms with E-state index in [0.29, 0.717) is 11.6 Å². The summed E-state index contributed by atoms with van der Waals surface area (Å²) in [5, 5.41) is 35.0. The van der Waals surface area contributed by atoms with Crippen molar-refractivity contribution in [2.75, 3.05) is 0 Å². The van der Waals surface area contributed by atoms with E-state index >= 15 is 0 Å². The largest absolute Gasteiger partial charge is 0.502 e. The molecule has 0 bridgehead atoms. The summed E-state index contributed by atoms with van der Waals surface area (Å²) in [7, 11) is 0. The number of nitro groups is 2. The Morgan fingerprint density at radius 2 is 1.80 bits per heavy atom. The van der Waals surface area contributed by atoms with Crippen molar-refractivity contribution < 1.29 is 19.7 Å². The summed E-state index contributed by atoms with van der Waals surface area (Å²) in [6.07, 6.45) is 0.881. The number of phenolic OH excluding ortho intramolecular Hbond substituents is 1. The summed E-state index contributed by atoms with van der Waals surface area (Å²) in [4.78, 5) is 31.7. The average molecular weight is 409 g/mol. The van der Waals surface area contributed by atoms with Crippen LogP contribution in [0.5, 0.6) is 5.75 Å². The van der Waals surface area contributed by atoms with E-state index < -0.39 is 32.9 Å². The minimum Gasteiger partial charge on any atom is -0.502 e. The molecule has 11 heteroatoms. The number of nitrogens with one attached hydrogen (secondary N) is 1. The number of hydrogen-bond donors (Lipinski definition) is 2. The van der Waals surface area contributed by atoms with Crippen molar-refractivity contribution >= 4 is 39.4 Å². The highest BCUT2D eigenvalue weighted by Crippen LogP contribution is 2.33. The Morgan fingerprint density at radius 3 is 2.36 bits per heavy atom. The predicted molar refractivity (Wildman–Crippen MR) is 90.6 cm³/mol. The van der Waals surface area contributed by atoms with Crippen LogP contribution in [0.2, 0.25) is 0 Å². The molecule has 2 rings (SSSR count). The van der Waals surface area contributed by atoms with Crippen LogP contribution in [0.15, 0.2) is 46.0 Å². The second-order valence-electron chi connectivity index (χ2n) is 4.62. The SMILES string of the molecule is O=C(NN=Cc1cc([N+](=O)[O-])cc([N+](=O)[O-])c1O)c1ccc(Br)cc1. The first-order valence-corrected chi connectivity index (χ1v) is 7.33. The number of non-ortho nitro benzene ring substituents is 1. The Balaban J connectivity index is 2.25. The predicted octanol–water partition coefficient (Wildman–Crippen LogP) is 2.74. The van der Waals surface area contributed by atoms with E-state index in [-0.39, 0.29) is 5.56 Å². The molecule has 0 saturated carbocycles. The van der Waals surface area contributed by atoms with E-state index in [0.717, 1.165) is 16.8 Å². The van der Waals surface area contributed by atoms with Crippen molar-refractivity contribution in [2.24, 2.45) is 5.10 Å². The molecule has 0 aliphatic rings. The number of nitrogens with zero attached hydrogens (tertiary/aromatic N) is 3. The Labute approximate surface area is 148 Å². The first-order valence-electron chi connectivity index (χ1n) is 6.54. The van der Waals surface area contributed by atoms with E-state index in [4.69, 9.17) is 0 Å². The maximum atomic E-state index is 11.9. The normalized spacial score (nSPS) is 10.6. The topological polar surface area (TPSA) is 148 Å². The summed E-state index contributed by atoms with van der Waals surface area (Å²) in [5.74, 6) is -1.36. The minimum atomic E-state index is -0.958. The van der Waals surface area contributed by atoms with E-state index in [1.807, 2.05) is 0 Å². The molecule has 0 atom stereocenters. The van der Waals surface area contributed by atoms with Crippen LogP contribution in [0.3, 0.4) is 0 Å². The van der Waals surface area contributed by atoms with Crippen LogP contribution in [0.4, 0.5) is 11.4 Å². The molecule has 0 aliphatic carbocycles. The van der Waals surface area contributed by atoms with Gasteiger partial charge in [-0.3, -0.25) is 25.0 Å². The van der Waals surface area contributed by atoms with Crippen LogP contribution in [0.25, 0.3) is 0 Å². The number of amides is 1. The molecule has 0 saturated heterocycles. The molecule has 1 amide bonds. The van der Waals surface area contributed by atoms with Gasteiger partial charge in [-0.15, -0.1) is 0 Å². The third-order valence-corrected chi connectivity index (χ3v) is 3.52. The van der Waals surface area contributed by atoms with Crippen LogP contribution >= 0.6 is 15.9 Å². The third-order valence-electron chi connectivity index (χ3n) is 2.99. The maximum absolute atomic E-state index is 11.9. The van der Waals surface area contributed by atoms with E-state index in [9.17, 15) is 30.1 Å². The highest BCUT2D eigenvalue weighted by molar-refractivity contribution is 9.10. The van der Waals surface area contributed by atoms with Gasteiger partial charge in [0.1, 0.15) is 0 Å². The molecule has 128 valence electrons. The number of carbonyl (C=O) groups excluding carboxylic acids is 1. The van der Waals surface area contributed by atoms with E-state index in [1.54, 1.807) is 12.1 Å². The molecule has 0 fully saturated rings. The number of hydrazone groups is 1. The van der Waals surface area contributed by atoms with Crippen LogP contribution < -0.4 is 5.43 Å². The van der Waals surface area contributed by atoms with Crippen molar-refractivity contribution in [3.8, 4) is 5.75 Å². The summed E-state index contributed by atoms with van der Waals surface area (Å²) in [6.45, 7) is 0. The second kappa shape index (κ2) is 7.49. The monoisotopic (exact) mass is 408 g/mol. The number of nitro benzene ring substituents is 2. The van der Waals surface area contributed by atoms with Gasteiger partial charge >= 0.3 is 5.69 Å². The fourth-order valence-electron chi connectivity index (χ4n) is 1.79. The first-order chi connectivity index (χ1) is 11.8. The quantitative estimate of drug-likeness (QED) is 0.441. The summed E-state index contributed by atoms with van der Waals surface area (Å²) >= 11 is 3.22. The lowest BCUT2D eigenvalue weighted by Gasteiger charge is -2.02. The van der Waals surface area contributed by atoms with Crippen molar-refractivity contribution in [1.82, 2.24) is 5.43 Å². The Kier molecular flexibility index (Phi) is 5.39. The zero-order valence-electron chi connectivity index (χ0n) is 12.2. The van der Waals surface area contributed by atoms with Gasteiger partial charge in [0.05, 0.1) is 27.7 Å². The Bertz CT molecular complexity index is 882. The van der Waals surface area contributed by atoms with Gasteiger partial charge in [-0.05, 0) is 24.3 Å².